The van der Waals surface area contributed by atoms with Gasteiger partial charge >= 0.3 is 0 Å². The molecule has 0 saturated carbocycles. The average molecular weight is 295 g/mol. The number of rotatable bonds is 3. The molecule has 0 aliphatic rings. The number of benzene rings is 2. The Bertz CT molecular complexity index is 641. The van der Waals surface area contributed by atoms with Crippen LogP contribution in [0.5, 0.6) is 11.5 Å². The van der Waals surface area contributed by atoms with Crippen LogP contribution in [0.25, 0.3) is 0 Å². The number of amidine groups is 1. The van der Waals surface area contributed by atoms with Crippen molar-refractivity contribution in [1.82, 2.24) is 0 Å². The normalized spacial score (nSPS) is 10.3. The minimum absolute atomic E-state index is 0.0786. The standard InChI is InChI=1S/C14H12Cl2N2O/c1-8-2-5-11(15)13(6-8)19-9-3-4-10(14(17)18)12(16)7-9/h2-7H,1H3,(H3,17,18). The Kier molecular flexibility index (Phi) is 3.98. The first-order chi connectivity index (χ1) is 8.97. The molecule has 0 spiro atoms. The van der Waals surface area contributed by atoms with Gasteiger partial charge in [0, 0.05) is 11.6 Å². The van der Waals surface area contributed by atoms with Gasteiger partial charge in [0.15, 0.2) is 0 Å². The molecule has 2 rings (SSSR count). The second-order valence-corrected chi connectivity index (χ2v) is 4.91. The van der Waals surface area contributed by atoms with E-state index in [0.29, 0.717) is 27.1 Å². The molecule has 0 heterocycles. The van der Waals surface area contributed by atoms with Crippen molar-refractivity contribution in [2.24, 2.45) is 5.73 Å². The van der Waals surface area contributed by atoms with Crippen LogP contribution in [-0.4, -0.2) is 5.84 Å². The van der Waals surface area contributed by atoms with Crippen molar-refractivity contribution in [2.75, 3.05) is 0 Å². The maximum absolute atomic E-state index is 7.36. The number of ether oxygens (including phenoxy) is 1. The van der Waals surface area contributed by atoms with E-state index in [1.807, 2.05) is 19.1 Å². The zero-order valence-corrected chi connectivity index (χ0v) is 11.7. The molecule has 0 aromatic heterocycles. The van der Waals surface area contributed by atoms with Gasteiger partial charge in [0.1, 0.15) is 17.3 Å². The highest BCUT2D eigenvalue weighted by atomic mass is 35.5. The van der Waals surface area contributed by atoms with Gasteiger partial charge in [0.2, 0.25) is 0 Å². The molecular formula is C14H12Cl2N2O. The van der Waals surface area contributed by atoms with Crippen molar-refractivity contribution in [3.05, 3.63) is 57.6 Å². The van der Waals surface area contributed by atoms with Crippen LogP contribution in [0.2, 0.25) is 10.0 Å². The van der Waals surface area contributed by atoms with Crippen LogP contribution in [0.4, 0.5) is 0 Å². The van der Waals surface area contributed by atoms with E-state index < -0.39 is 0 Å². The summed E-state index contributed by atoms with van der Waals surface area (Å²) < 4.78 is 5.68. The fourth-order valence-corrected chi connectivity index (χ4v) is 2.02. The molecule has 19 heavy (non-hydrogen) atoms. The fraction of sp³-hybridized carbons (Fsp3) is 0.0714. The molecule has 98 valence electrons. The van der Waals surface area contributed by atoms with Gasteiger partial charge in [-0.3, -0.25) is 5.41 Å². The van der Waals surface area contributed by atoms with E-state index in [4.69, 9.17) is 39.1 Å². The van der Waals surface area contributed by atoms with Gasteiger partial charge in [-0.25, -0.2) is 0 Å². The number of nitrogens with two attached hydrogens (primary N) is 1. The number of hydrogen-bond acceptors (Lipinski definition) is 2. The third-order valence-corrected chi connectivity index (χ3v) is 3.17. The predicted molar refractivity (Wildman–Crippen MR) is 78.7 cm³/mol. The minimum atomic E-state index is -0.0786. The Morgan fingerprint density at radius 2 is 1.84 bits per heavy atom. The van der Waals surface area contributed by atoms with E-state index in [1.165, 1.54) is 0 Å². The second-order valence-electron chi connectivity index (χ2n) is 4.09. The lowest BCUT2D eigenvalue weighted by molar-refractivity contribution is 0.482. The van der Waals surface area contributed by atoms with Crippen LogP contribution in [0.15, 0.2) is 36.4 Å². The molecule has 0 fully saturated rings. The lowest BCUT2D eigenvalue weighted by Crippen LogP contribution is -2.11. The Morgan fingerprint density at radius 1 is 1.11 bits per heavy atom. The molecule has 0 atom stereocenters. The van der Waals surface area contributed by atoms with Gasteiger partial charge in [-0.05, 0) is 36.8 Å². The minimum Gasteiger partial charge on any atom is -0.456 e. The monoisotopic (exact) mass is 294 g/mol. The Balaban J connectivity index is 2.31. The molecule has 0 unspecified atom stereocenters. The third-order valence-electron chi connectivity index (χ3n) is 2.55. The summed E-state index contributed by atoms with van der Waals surface area (Å²) >= 11 is 12.1. The summed E-state index contributed by atoms with van der Waals surface area (Å²) in [5.41, 5.74) is 6.92. The maximum Gasteiger partial charge on any atom is 0.146 e. The summed E-state index contributed by atoms with van der Waals surface area (Å²) in [6.45, 7) is 1.95. The van der Waals surface area contributed by atoms with E-state index in [9.17, 15) is 0 Å². The van der Waals surface area contributed by atoms with E-state index >= 15 is 0 Å². The van der Waals surface area contributed by atoms with Crippen LogP contribution < -0.4 is 10.5 Å². The van der Waals surface area contributed by atoms with Crippen LogP contribution in [-0.2, 0) is 0 Å². The van der Waals surface area contributed by atoms with Gasteiger partial charge in [0.05, 0.1) is 10.0 Å². The molecule has 3 nitrogen and oxygen atoms in total. The van der Waals surface area contributed by atoms with Crippen molar-refractivity contribution in [3.63, 3.8) is 0 Å². The van der Waals surface area contributed by atoms with Gasteiger partial charge in [-0.2, -0.15) is 0 Å². The topological polar surface area (TPSA) is 59.1 Å². The van der Waals surface area contributed by atoms with Gasteiger partial charge in [-0.1, -0.05) is 29.3 Å². The van der Waals surface area contributed by atoms with E-state index in [-0.39, 0.29) is 5.84 Å². The summed E-state index contributed by atoms with van der Waals surface area (Å²) in [7, 11) is 0. The Hall–Kier alpha value is -1.71. The molecule has 2 aromatic carbocycles. The zero-order chi connectivity index (χ0) is 14.0. The SMILES string of the molecule is Cc1ccc(Cl)c(Oc2ccc(C(=N)N)c(Cl)c2)c1. The third kappa shape index (κ3) is 3.19. The molecule has 0 aliphatic heterocycles. The van der Waals surface area contributed by atoms with Crippen molar-refractivity contribution >= 4 is 29.0 Å². The summed E-state index contributed by atoms with van der Waals surface area (Å²) in [5, 5.41) is 8.26. The average Bonchev–Trinajstić information content (AvgIpc) is 2.33. The lowest BCUT2D eigenvalue weighted by Gasteiger charge is -2.10. The molecular weight excluding hydrogens is 283 g/mol. The maximum atomic E-state index is 7.36. The first kappa shape index (κ1) is 13.7. The second kappa shape index (κ2) is 5.51. The number of nitrogen functional groups attached to an aromatic ring is 1. The van der Waals surface area contributed by atoms with Crippen molar-refractivity contribution in [1.29, 1.82) is 5.41 Å². The van der Waals surface area contributed by atoms with Gasteiger partial charge in [0.25, 0.3) is 0 Å². The van der Waals surface area contributed by atoms with Crippen LogP contribution in [0.3, 0.4) is 0 Å². The molecule has 0 saturated heterocycles. The van der Waals surface area contributed by atoms with Crippen LogP contribution >= 0.6 is 23.2 Å². The molecule has 0 radical (unpaired) electrons. The Morgan fingerprint density at radius 3 is 2.47 bits per heavy atom. The van der Waals surface area contributed by atoms with Gasteiger partial charge in [-0.15, -0.1) is 0 Å². The summed E-state index contributed by atoms with van der Waals surface area (Å²) in [6.07, 6.45) is 0. The highest BCUT2D eigenvalue weighted by Crippen LogP contribution is 2.32. The summed E-state index contributed by atoms with van der Waals surface area (Å²) in [5.74, 6) is 1.03. The number of hydrogen-bond donors (Lipinski definition) is 2. The summed E-state index contributed by atoms with van der Waals surface area (Å²) in [6, 6.07) is 10.5. The molecule has 0 bridgehead atoms. The fourth-order valence-electron chi connectivity index (χ4n) is 1.59. The molecule has 5 heteroatoms. The molecule has 2 aromatic rings. The molecule has 0 aliphatic carbocycles. The van der Waals surface area contributed by atoms with Crippen molar-refractivity contribution in [2.45, 2.75) is 6.92 Å². The summed E-state index contributed by atoms with van der Waals surface area (Å²) in [4.78, 5) is 0. The van der Waals surface area contributed by atoms with Crippen molar-refractivity contribution in [3.8, 4) is 11.5 Å². The Labute approximate surface area is 121 Å². The van der Waals surface area contributed by atoms with Crippen LogP contribution in [0, 0.1) is 12.3 Å². The van der Waals surface area contributed by atoms with Gasteiger partial charge < -0.3 is 10.5 Å². The highest BCUT2D eigenvalue weighted by Gasteiger charge is 2.08. The largest absolute Gasteiger partial charge is 0.456 e. The predicted octanol–water partition coefficient (Wildman–Crippen LogP) is 4.38. The zero-order valence-electron chi connectivity index (χ0n) is 10.2. The van der Waals surface area contributed by atoms with Crippen LogP contribution in [0.1, 0.15) is 11.1 Å². The molecule has 0 amide bonds. The van der Waals surface area contributed by atoms with Crippen molar-refractivity contribution < 1.29 is 4.74 Å². The quantitative estimate of drug-likeness (QED) is 0.652. The first-order valence-corrected chi connectivity index (χ1v) is 6.31. The molecule has 3 N–H and O–H groups in total. The number of nitrogens with one attached hydrogen (secondary N) is 1. The van der Waals surface area contributed by atoms with E-state index in [1.54, 1.807) is 24.3 Å². The number of halogens is 2. The smallest absolute Gasteiger partial charge is 0.146 e. The first-order valence-electron chi connectivity index (χ1n) is 5.55. The lowest BCUT2D eigenvalue weighted by atomic mass is 10.2. The van der Waals surface area contributed by atoms with E-state index in [2.05, 4.69) is 0 Å². The van der Waals surface area contributed by atoms with E-state index in [0.717, 1.165) is 5.56 Å². The highest BCUT2D eigenvalue weighted by molar-refractivity contribution is 6.34. The number of aryl methyl sites for hydroxylation is 1.